The minimum absolute atomic E-state index is 0.00118. The van der Waals surface area contributed by atoms with Crippen LogP contribution in [0.1, 0.15) is 72.0 Å². The summed E-state index contributed by atoms with van der Waals surface area (Å²) in [6.45, 7) is 4.06. The lowest BCUT2D eigenvalue weighted by molar-refractivity contribution is -0.247. The van der Waals surface area contributed by atoms with Crippen LogP contribution in [0.3, 0.4) is 0 Å². The first-order chi connectivity index (χ1) is 29.0. The molecule has 0 saturated carbocycles. The number of alkyl halides is 6. The smallest absolute Gasteiger partial charge is 0.425 e. The number of carbonyl (C=O) groups is 2. The van der Waals surface area contributed by atoms with Crippen LogP contribution in [0.4, 0.5) is 26.3 Å². The molecule has 330 valence electrons. The first-order valence-electron chi connectivity index (χ1n) is 19.0. The molecule has 0 fully saturated rings. The van der Waals surface area contributed by atoms with Crippen LogP contribution < -0.4 is 15.2 Å². The van der Waals surface area contributed by atoms with Gasteiger partial charge in [0, 0.05) is 52.3 Å². The summed E-state index contributed by atoms with van der Waals surface area (Å²) >= 11 is 12.4. The van der Waals surface area contributed by atoms with Crippen LogP contribution in [0.25, 0.3) is 22.3 Å². The fourth-order valence-electron chi connectivity index (χ4n) is 7.08. The summed E-state index contributed by atoms with van der Waals surface area (Å²) in [6.07, 6.45) is -9.80. The molecule has 62 heavy (non-hydrogen) atoms. The fraction of sp³-hybridized carbons (Fsp3) is 0.289. The summed E-state index contributed by atoms with van der Waals surface area (Å²) in [4.78, 5) is 21.0. The third-order valence-electron chi connectivity index (χ3n) is 10.1. The number of halogens is 8. The molecular formula is C45H41Cl2F6NO8. The van der Waals surface area contributed by atoms with Gasteiger partial charge in [-0.3, -0.25) is 9.59 Å². The second-order valence-corrected chi connectivity index (χ2v) is 15.4. The molecule has 0 spiro atoms. The molecule has 0 aromatic heterocycles. The third kappa shape index (κ3) is 9.82. The molecule has 0 unspecified atom stereocenters. The maximum absolute atomic E-state index is 13.8. The highest BCUT2D eigenvalue weighted by Crippen LogP contribution is 2.59. The van der Waals surface area contributed by atoms with Gasteiger partial charge < -0.3 is 35.6 Å². The Kier molecular flexibility index (Phi) is 14.6. The summed E-state index contributed by atoms with van der Waals surface area (Å²) < 4.78 is 93.3. The minimum atomic E-state index is -4.96. The van der Waals surface area contributed by atoms with Crippen LogP contribution in [0.15, 0.2) is 97.1 Å². The standard InChI is InChI=1S/2C18H14ClF3O4.C9H13N/c2*19-14-9-10(26-7-3-6-15(23)24)8-13-16(14)11-4-1-2-5-12(11)17(13,25)18(20,21)22;1-7-3-5-9(6-4-7)8(2)10/h2*1-2,4-5,8-9,25H,3,6-7H2,(H,23,24);3-6,8H,10H2,1-2H3/t2*17-;8-/m110/s1. The van der Waals surface area contributed by atoms with Gasteiger partial charge in [-0.2, -0.15) is 26.3 Å². The lowest BCUT2D eigenvalue weighted by atomic mass is 9.90. The summed E-state index contributed by atoms with van der Waals surface area (Å²) in [5.74, 6) is -1.92. The van der Waals surface area contributed by atoms with Crippen molar-refractivity contribution in [2.24, 2.45) is 5.73 Å². The quantitative estimate of drug-likeness (QED) is 0.0642. The Morgan fingerprint density at radius 2 is 1.02 bits per heavy atom. The van der Waals surface area contributed by atoms with Gasteiger partial charge in [0.05, 0.1) is 23.3 Å². The maximum Gasteiger partial charge on any atom is 0.425 e. The van der Waals surface area contributed by atoms with Crippen molar-refractivity contribution in [1.29, 1.82) is 0 Å². The zero-order chi connectivity index (χ0) is 45.8. The molecule has 7 rings (SSSR count). The molecule has 9 nitrogen and oxygen atoms in total. The monoisotopic (exact) mass is 907 g/mol. The summed E-state index contributed by atoms with van der Waals surface area (Å²) in [5.41, 5.74) is 1.05. The molecule has 3 atom stereocenters. The highest BCUT2D eigenvalue weighted by Gasteiger charge is 2.62. The number of aryl methyl sites for hydroxylation is 1. The Hall–Kier alpha value is -5.32. The van der Waals surface area contributed by atoms with Gasteiger partial charge >= 0.3 is 24.3 Å². The van der Waals surface area contributed by atoms with Crippen molar-refractivity contribution < 1.29 is 65.8 Å². The second-order valence-electron chi connectivity index (χ2n) is 14.6. The van der Waals surface area contributed by atoms with E-state index in [-0.39, 0.29) is 99.9 Å². The van der Waals surface area contributed by atoms with Crippen LogP contribution in [0.5, 0.6) is 11.5 Å². The molecule has 0 heterocycles. The van der Waals surface area contributed by atoms with E-state index in [0.717, 1.165) is 12.1 Å². The topological polar surface area (TPSA) is 160 Å². The number of carboxylic acid groups (broad SMARTS) is 2. The molecule has 0 saturated heterocycles. The molecule has 0 aliphatic heterocycles. The van der Waals surface area contributed by atoms with Gasteiger partial charge in [0.1, 0.15) is 11.5 Å². The van der Waals surface area contributed by atoms with Gasteiger partial charge in [0.25, 0.3) is 0 Å². The van der Waals surface area contributed by atoms with Gasteiger partial charge in [-0.15, -0.1) is 0 Å². The Balaban J connectivity index is 0.000000192. The predicted octanol–water partition coefficient (Wildman–Crippen LogP) is 10.7. The van der Waals surface area contributed by atoms with Crippen LogP contribution in [-0.4, -0.2) is 57.9 Å². The minimum Gasteiger partial charge on any atom is -0.494 e. The number of hydrogen-bond acceptors (Lipinski definition) is 7. The summed E-state index contributed by atoms with van der Waals surface area (Å²) in [5, 5.41) is 38.5. The van der Waals surface area contributed by atoms with Gasteiger partial charge in [0.2, 0.25) is 11.2 Å². The highest BCUT2D eigenvalue weighted by atomic mass is 35.5. The number of hydrogen-bond donors (Lipinski definition) is 5. The van der Waals surface area contributed by atoms with E-state index in [0.29, 0.717) is 0 Å². The van der Waals surface area contributed by atoms with Gasteiger partial charge in [-0.05, 0) is 67.6 Å². The number of rotatable bonds is 11. The lowest BCUT2D eigenvalue weighted by Gasteiger charge is -2.28. The molecule has 2 aliphatic rings. The zero-order valence-electron chi connectivity index (χ0n) is 33.1. The van der Waals surface area contributed by atoms with Crippen molar-refractivity contribution in [3.05, 3.63) is 140 Å². The lowest BCUT2D eigenvalue weighted by Crippen LogP contribution is -2.41. The van der Waals surface area contributed by atoms with Crippen molar-refractivity contribution in [2.45, 2.75) is 69.1 Å². The van der Waals surface area contributed by atoms with Crippen LogP contribution in [0.2, 0.25) is 10.0 Å². The van der Waals surface area contributed by atoms with E-state index in [4.69, 9.17) is 48.6 Å². The number of carboxylic acids is 2. The molecular weight excluding hydrogens is 867 g/mol. The van der Waals surface area contributed by atoms with Crippen LogP contribution in [-0.2, 0) is 20.8 Å². The maximum atomic E-state index is 13.8. The number of ether oxygens (including phenoxy) is 2. The normalized spacial score (nSPS) is 17.5. The molecule has 2 aliphatic carbocycles. The van der Waals surface area contributed by atoms with Gasteiger partial charge in [0.15, 0.2) is 0 Å². The first-order valence-corrected chi connectivity index (χ1v) is 19.7. The summed E-state index contributed by atoms with van der Waals surface area (Å²) in [7, 11) is 0. The van der Waals surface area contributed by atoms with Crippen LogP contribution in [0, 0.1) is 6.92 Å². The van der Waals surface area contributed by atoms with E-state index in [1.165, 1.54) is 59.7 Å². The van der Waals surface area contributed by atoms with E-state index >= 15 is 0 Å². The third-order valence-corrected chi connectivity index (χ3v) is 10.7. The highest BCUT2D eigenvalue weighted by molar-refractivity contribution is 6.34. The van der Waals surface area contributed by atoms with Crippen molar-refractivity contribution in [3.8, 4) is 33.8 Å². The van der Waals surface area contributed by atoms with Gasteiger partial charge in [-0.25, -0.2) is 0 Å². The average Bonchev–Trinajstić information content (AvgIpc) is 3.63. The molecule has 17 heteroatoms. The first kappa shape index (κ1) is 47.7. The van der Waals surface area contributed by atoms with Crippen molar-refractivity contribution >= 4 is 35.1 Å². The van der Waals surface area contributed by atoms with E-state index in [1.54, 1.807) is 12.1 Å². The summed E-state index contributed by atoms with van der Waals surface area (Å²) in [6, 6.07) is 24.7. The van der Waals surface area contributed by atoms with E-state index < -0.39 is 46.6 Å². The number of benzene rings is 5. The van der Waals surface area contributed by atoms with Crippen molar-refractivity contribution in [2.75, 3.05) is 13.2 Å². The number of nitrogens with two attached hydrogens (primary N) is 1. The second kappa shape index (κ2) is 19.0. The Morgan fingerprint density at radius 3 is 1.35 bits per heavy atom. The van der Waals surface area contributed by atoms with Crippen molar-refractivity contribution in [1.82, 2.24) is 0 Å². The largest absolute Gasteiger partial charge is 0.494 e. The average molecular weight is 909 g/mol. The Morgan fingerprint density at radius 1 is 0.645 bits per heavy atom. The molecule has 0 bridgehead atoms. The number of fused-ring (bicyclic) bond motifs is 6. The van der Waals surface area contributed by atoms with Crippen molar-refractivity contribution in [3.63, 3.8) is 0 Å². The molecule has 5 aromatic rings. The van der Waals surface area contributed by atoms with Crippen LogP contribution >= 0.6 is 23.2 Å². The van der Waals surface area contributed by atoms with E-state index in [9.17, 15) is 46.1 Å². The number of aliphatic carboxylic acids is 2. The Labute approximate surface area is 362 Å². The van der Waals surface area contributed by atoms with Gasteiger partial charge in [-0.1, -0.05) is 102 Å². The fourth-order valence-corrected chi connectivity index (χ4v) is 7.70. The SMILES string of the molecule is Cc1ccc([C@H](C)N)cc1.O=C(O)CCCOc1cc(Cl)c2c(c1)[C@@](O)(C(F)(F)F)c1ccccc1-2.O=C(O)CCCOc1cc(Cl)c2c(c1)[C@@](O)(C(F)(F)F)c1ccccc1-2. The van der Waals surface area contributed by atoms with E-state index in [1.807, 2.05) is 6.92 Å². The molecule has 6 N–H and O–H groups in total. The molecule has 0 amide bonds. The Bertz CT molecular complexity index is 2280. The number of aliphatic hydroxyl groups is 2. The zero-order valence-corrected chi connectivity index (χ0v) is 34.6. The molecule has 0 radical (unpaired) electrons. The van der Waals surface area contributed by atoms with E-state index in [2.05, 4.69) is 31.2 Å². The predicted molar refractivity (Wildman–Crippen MR) is 220 cm³/mol. The molecule has 5 aromatic carbocycles.